The fourth-order valence-corrected chi connectivity index (χ4v) is 1.42. The molecule has 0 amide bonds. The van der Waals surface area contributed by atoms with Crippen LogP contribution >= 0.6 is 11.6 Å². The minimum atomic E-state index is -0.744. The highest BCUT2D eigenvalue weighted by atomic mass is 35.5. The zero-order valence-corrected chi connectivity index (χ0v) is 9.52. The maximum absolute atomic E-state index is 11.5. The topological polar surface area (TPSA) is 93.2 Å². The minimum Gasteiger partial charge on any atom is -0.496 e. The first-order chi connectivity index (χ1) is 8.04. The van der Waals surface area contributed by atoms with Crippen LogP contribution in [-0.4, -0.2) is 23.7 Å². The van der Waals surface area contributed by atoms with E-state index >= 15 is 0 Å². The second-order valence-electron chi connectivity index (χ2n) is 2.99. The maximum Gasteiger partial charge on any atom is 0.291 e. The fraction of sp³-hybridized carbons (Fsp3) is 0.200. The van der Waals surface area contributed by atoms with Gasteiger partial charge in [-0.3, -0.25) is 14.9 Å². The van der Waals surface area contributed by atoms with Crippen molar-refractivity contribution in [1.82, 2.24) is 0 Å². The molecule has 17 heavy (non-hydrogen) atoms. The predicted octanol–water partition coefficient (Wildman–Crippen LogP) is 1.90. The Bertz CT molecular complexity index is 522. The first kappa shape index (κ1) is 12.9. The Morgan fingerprint density at radius 1 is 1.65 bits per heavy atom. The summed E-state index contributed by atoms with van der Waals surface area (Å²) < 4.78 is 4.83. The SMILES string of the molecule is COc1cc(C(=O)CCl)c(C#N)c([N+](=O)[O-])c1. The molecule has 0 unspecified atom stereocenters. The van der Waals surface area contributed by atoms with Crippen LogP contribution in [0, 0.1) is 21.4 Å². The number of carbonyl (C=O) groups excluding carboxylic acids is 1. The highest BCUT2D eigenvalue weighted by Crippen LogP contribution is 2.28. The summed E-state index contributed by atoms with van der Waals surface area (Å²) in [6.45, 7) is 0. The van der Waals surface area contributed by atoms with Crippen LogP contribution in [0.4, 0.5) is 5.69 Å². The number of Topliss-reactive ketones (excluding diaryl/α,β-unsaturated/α-hetero) is 1. The second-order valence-corrected chi connectivity index (χ2v) is 3.26. The van der Waals surface area contributed by atoms with Crippen LogP contribution in [0.25, 0.3) is 0 Å². The normalized spacial score (nSPS) is 9.47. The van der Waals surface area contributed by atoms with Crippen molar-refractivity contribution in [2.24, 2.45) is 0 Å². The molecule has 1 rings (SSSR count). The summed E-state index contributed by atoms with van der Waals surface area (Å²) in [5.41, 5.74) is -0.879. The molecule has 0 heterocycles. The second kappa shape index (κ2) is 5.27. The summed E-state index contributed by atoms with van der Waals surface area (Å²) in [6, 6.07) is 3.98. The molecule has 0 N–H and O–H groups in total. The number of hydrogen-bond donors (Lipinski definition) is 0. The molecule has 0 atom stereocenters. The molecule has 6 nitrogen and oxygen atoms in total. The van der Waals surface area contributed by atoms with Crippen LogP contribution in [0.5, 0.6) is 5.75 Å². The van der Waals surface area contributed by atoms with Gasteiger partial charge in [-0.15, -0.1) is 11.6 Å². The summed E-state index contributed by atoms with van der Waals surface area (Å²) in [4.78, 5) is 21.5. The standard InChI is InChI=1S/C10H7ClN2O4/c1-17-6-2-7(10(14)4-11)8(5-12)9(3-6)13(15)16/h2-3H,4H2,1H3. The third-order valence-corrected chi connectivity index (χ3v) is 2.30. The molecule has 1 aromatic rings. The number of nitrogens with zero attached hydrogens (tertiary/aromatic N) is 2. The predicted molar refractivity (Wildman–Crippen MR) is 59.4 cm³/mol. The molecular weight excluding hydrogens is 248 g/mol. The van der Waals surface area contributed by atoms with E-state index < -0.39 is 16.4 Å². The fourth-order valence-electron chi connectivity index (χ4n) is 1.27. The highest BCUT2D eigenvalue weighted by molar-refractivity contribution is 6.30. The van der Waals surface area contributed by atoms with Gasteiger partial charge in [-0.25, -0.2) is 0 Å². The van der Waals surface area contributed by atoms with Crippen molar-refractivity contribution < 1.29 is 14.5 Å². The summed E-state index contributed by atoms with van der Waals surface area (Å²) >= 11 is 5.37. The number of ether oxygens (including phenoxy) is 1. The molecule has 0 radical (unpaired) electrons. The monoisotopic (exact) mass is 254 g/mol. The molecule has 7 heteroatoms. The number of nitriles is 1. The first-order valence-electron chi connectivity index (χ1n) is 4.40. The van der Waals surface area contributed by atoms with E-state index in [1.165, 1.54) is 13.2 Å². The molecule has 0 bridgehead atoms. The van der Waals surface area contributed by atoms with Gasteiger partial charge in [0.25, 0.3) is 5.69 Å². The van der Waals surface area contributed by atoms with E-state index in [1.807, 2.05) is 0 Å². The van der Waals surface area contributed by atoms with Gasteiger partial charge in [0, 0.05) is 5.56 Å². The molecule has 0 spiro atoms. The smallest absolute Gasteiger partial charge is 0.291 e. The molecule has 0 saturated carbocycles. The van der Waals surface area contributed by atoms with Gasteiger partial charge >= 0.3 is 0 Å². The number of halogens is 1. The number of ketones is 1. The van der Waals surface area contributed by atoms with E-state index in [-0.39, 0.29) is 22.8 Å². The van der Waals surface area contributed by atoms with Crippen molar-refractivity contribution >= 4 is 23.1 Å². The molecule has 0 fully saturated rings. The lowest BCUT2D eigenvalue weighted by Crippen LogP contribution is -2.06. The summed E-state index contributed by atoms with van der Waals surface area (Å²) in [5.74, 6) is -0.798. The lowest BCUT2D eigenvalue weighted by molar-refractivity contribution is -0.385. The summed E-state index contributed by atoms with van der Waals surface area (Å²) in [5, 5.41) is 19.6. The number of methoxy groups -OCH3 is 1. The Hall–Kier alpha value is -2.13. The van der Waals surface area contributed by atoms with Crippen LogP contribution in [0.3, 0.4) is 0 Å². The average molecular weight is 255 g/mol. The Balaban J connectivity index is 3.57. The molecule has 88 valence electrons. The number of alkyl halides is 1. The van der Waals surface area contributed by atoms with Gasteiger partial charge in [0.15, 0.2) is 5.78 Å². The molecule has 0 saturated heterocycles. The van der Waals surface area contributed by atoms with Crippen molar-refractivity contribution in [2.75, 3.05) is 13.0 Å². The van der Waals surface area contributed by atoms with E-state index in [0.29, 0.717) is 0 Å². The van der Waals surface area contributed by atoms with E-state index in [0.717, 1.165) is 6.07 Å². The number of nitro groups is 1. The Labute approximate surface area is 102 Å². The molecule has 0 aliphatic rings. The zero-order valence-electron chi connectivity index (χ0n) is 8.77. The largest absolute Gasteiger partial charge is 0.496 e. The van der Waals surface area contributed by atoms with Crippen LogP contribution in [0.15, 0.2) is 12.1 Å². The number of carbonyl (C=O) groups is 1. The minimum absolute atomic E-state index is 0.103. The van der Waals surface area contributed by atoms with Crippen LogP contribution < -0.4 is 4.74 Å². The number of benzene rings is 1. The molecule has 0 aliphatic carbocycles. The molecule has 1 aromatic carbocycles. The van der Waals surface area contributed by atoms with E-state index in [1.54, 1.807) is 6.07 Å². The molecule has 0 aromatic heterocycles. The van der Waals surface area contributed by atoms with Crippen molar-refractivity contribution in [3.8, 4) is 11.8 Å². The van der Waals surface area contributed by atoms with Gasteiger partial charge in [0.1, 0.15) is 17.4 Å². The maximum atomic E-state index is 11.5. The first-order valence-corrected chi connectivity index (χ1v) is 4.94. The van der Waals surface area contributed by atoms with Gasteiger partial charge in [0.2, 0.25) is 0 Å². The van der Waals surface area contributed by atoms with Crippen molar-refractivity contribution in [3.63, 3.8) is 0 Å². The average Bonchev–Trinajstić information content (AvgIpc) is 2.35. The van der Waals surface area contributed by atoms with Gasteiger partial charge in [0.05, 0.1) is 24.0 Å². The van der Waals surface area contributed by atoms with Crippen molar-refractivity contribution in [2.45, 2.75) is 0 Å². The van der Waals surface area contributed by atoms with Crippen molar-refractivity contribution in [3.05, 3.63) is 33.4 Å². The van der Waals surface area contributed by atoms with Crippen LogP contribution in [0.2, 0.25) is 0 Å². The summed E-state index contributed by atoms with van der Waals surface area (Å²) in [7, 11) is 1.31. The van der Waals surface area contributed by atoms with Gasteiger partial charge in [-0.2, -0.15) is 5.26 Å². The third kappa shape index (κ3) is 2.52. The lowest BCUT2D eigenvalue weighted by atomic mass is 10.0. The van der Waals surface area contributed by atoms with Crippen molar-refractivity contribution in [1.29, 1.82) is 5.26 Å². The van der Waals surface area contributed by atoms with Crippen LogP contribution in [-0.2, 0) is 0 Å². The van der Waals surface area contributed by atoms with Crippen LogP contribution in [0.1, 0.15) is 15.9 Å². The Morgan fingerprint density at radius 2 is 2.29 bits per heavy atom. The molecule has 0 aliphatic heterocycles. The highest BCUT2D eigenvalue weighted by Gasteiger charge is 2.23. The number of nitro benzene ring substituents is 1. The third-order valence-electron chi connectivity index (χ3n) is 2.06. The quantitative estimate of drug-likeness (QED) is 0.354. The number of rotatable bonds is 4. The summed E-state index contributed by atoms with van der Waals surface area (Å²) in [6.07, 6.45) is 0. The van der Waals surface area contributed by atoms with E-state index in [9.17, 15) is 14.9 Å². The van der Waals surface area contributed by atoms with Gasteiger partial charge in [-0.05, 0) is 6.07 Å². The Morgan fingerprint density at radius 3 is 2.71 bits per heavy atom. The Kier molecular flexibility index (Phi) is 4.01. The van der Waals surface area contributed by atoms with E-state index in [2.05, 4.69) is 0 Å². The zero-order chi connectivity index (χ0) is 13.0. The lowest BCUT2D eigenvalue weighted by Gasteiger charge is -2.05. The van der Waals surface area contributed by atoms with Gasteiger partial charge in [-0.1, -0.05) is 0 Å². The number of hydrogen-bond acceptors (Lipinski definition) is 5. The molecular formula is C10H7ClN2O4. The van der Waals surface area contributed by atoms with E-state index in [4.69, 9.17) is 21.6 Å². The van der Waals surface area contributed by atoms with Gasteiger partial charge < -0.3 is 4.74 Å².